The van der Waals surface area contributed by atoms with Crippen molar-refractivity contribution in [1.29, 1.82) is 0 Å². The van der Waals surface area contributed by atoms with Crippen molar-refractivity contribution in [2.45, 2.75) is 44.9 Å². The van der Waals surface area contributed by atoms with Crippen LogP contribution in [0.5, 0.6) is 0 Å². The van der Waals surface area contributed by atoms with E-state index in [4.69, 9.17) is 0 Å². The van der Waals surface area contributed by atoms with Crippen LogP contribution in [0, 0.1) is 5.41 Å². The Morgan fingerprint density at radius 2 is 0.773 bits per heavy atom. The van der Waals surface area contributed by atoms with Crippen LogP contribution in [0.2, 0.25) is 0 Å². The smallest absolute Gasteiger partial charge is 0.0514 e. The Morgan fingerprint density at radius 1 is 0.432 bits per heavy atom. The van der Waals surface area contributed by atoms with E-state index in [9.17, 15) is 0 Å². The van der Waals surface area contributed by atoms with Crippen LogP contribution in [-0.4, -0.2) is 0 Å². The van der Waals surface area contributed by atoms with E-state index in [2.05, 4.69) is 173 Å². The molecule has 44 heavy (non-hydrogen) atoms. The van der Waals surface area contributed by atoms with Crippen molar-refractivity contribution in [1.82, 2.24) is 0 Å². The van der Waals surface area contributed by atoms with Crippen molar-refractivity contribution in [3.63, 3.8) is 0 Å². The van der Waals surface area contributed by atoms with Gasteiger partial charge in [0.05, 0.1) is 5.41 Å². The highest BCUT2D eigenvalue weighted by molar-refractivity contribution is 5.85. The van der Waals surface area contributed by atoms with Crippen LogP contribution in [0.15, 0.2) is 146 Å². The first-order valence-electron chi connectivity index (χ1n) is 16.0. The quantitative estimate of drug-likeness (QED) is 0.195. The molecule has 0 amide bonds. The van der Waals surface area contributed by atoms with Crippen molar-refractivity contribution in [3.05, 3.63) is 179 Å². The van der Waals surface area contributed by atoms with Gasteiger partial charge in [-0.05, 0) is 85.5 Å². The minimum Gasteiger partial charge on any atom is -0.0648 e. The summed E-state index contributed by atoms with van der Waals surface area (Å²) in [5, 5.41) is 0. The predicted molar refractivity (Wildman–Crippen MR) is 185 cm³/mol. The van der Waals surface area contributed by atoms with Gasteiger partial charge in [-0.1, -0.05) is 166 Å². The highest BCUT2D eigenvalue weighted by Crippen LogP contribution is 2.61. The normalized spacial score (nSPS) is 15.3. The van der Waals surface area contributed by atoms with Crippen LogP contribution in [0.3, 0.4) is 0 Å². The van der Waals surface area contributed by atoms with E-state index in [1.54, 1.807) is 0 Å². The zero-order valence-electron chi connectivity index (χ0n) is 26.1. The Kier molecular flexibility index (Phi) is 5.91. The summed E-state index contributed by atoms with van der Waals surface area (Å²) in [4.78, 5) is 0. The van der Waals surface area contributed by atoms with Gasteiger partial charge < -0.3 is 0 Å². The molecular weight excluding hydrogens is 528 g/mol. The Hall–Kier alpha value is -4.68. The second-order valence-electron chi connectivity index (χ2n) is 13.4. The maximum absolute atomic E-state index is 2.44. The number of rotatable bonds is 5. The fourth-order valence-electron chi connectivity index (χ4n) is 8.60. The molecule has 0 nitrogen and oxygen atoms in total. The third kappa shape index (κ3) is 3.46. The molecular formula is C44H38. The molecule has 0 saturated heterocycles. The minimum absolute atomic E-state index is 0.0161. The standard InChI is InChI=1S/C44H38/c1-5-42(2,3)44(40-20-12-8-16-36(40)37-17-9-13-21-41(37)44)33-28-24-31(25-29-33)30-22-26-32(27-23-30)43(4)38-18-10-6-14-34(38)35-15-7-11-19-39(35)43/h6-29H,5H2,1-4H3. The van der Waals surface area contributed by atoms with Crippen LogP contribution in [0.1, 0.15) is 67.5 Å². The lowest BCUT2D eigenvalue weighted by Gasteiger charge is -2.46. The van der Waals surface area contributed by atoms with Gasteiger partial charge in [-0.3, -0.25) is 0 Å². The summed E-state index contributed by atoms with van der Waals surface area (Å²) in [5.41, 5.74) is 15.9. The van der Waals surface area contributed by atoms with Gasteiger partial charge in [-0.25, -0.2) is 0 Å². The van der Waals surface area contributed by atoms with Crippen LogP contribution < -0.4 is 0 Å². The van der Waals surface area contributed by atoms with Gasteiger partial charge in [0.15, 0.2) is 0 Å². The lowest BCUT2D eigenvalue weighted by atomic mass is 9.56. The van der Waals surface area contributed by atoms with E-state index in [0.29, 0.717) is 0 Å². The average molecular weight is 567 g/mol. The van der Waals surface area contributed by atoms with Crippen molar-refractivity contribution < 1.29 is 0 Å². The topological polar surface area (TPSA) is 0 Å². The summed E-state index contributed by atoms with van der Waals surface area (Å²) >= 11 is 0. The molecule has 6 aromatic rings. The van der Waals surface area contributed by atoms with E-state index in [-0.39, 0.29) is 16.2 Å². The number of hydrogen-bond acceptors (Lipinski definition) is 0. The summed E-state index contributed by atoms with van der Waals surface area (Å²) < 4.78 is 0. The zero-order chi connectivity index (χ0) is 30.1. The minimum atomic E-state index is -0.213. The highest BCUT2D eigenvalue weighted by atomic mass is 14.5. The molecule has 6 aromatic carbocycles. The first kappa shape index (κ1) is 26.9. The second-order valence-corrected chi connectivity index (χ2v) is 13.4. The largest absolute Gasteiger partial charge is 0.0648 e. The van der Waals surface area contributed by atoms with Crippen molar-refractivity contribution in [2.24, 2.45) is 5.41 Å². The Balaban J connectivity index is 1.21. The molecule has 2 aliphatic rings. The first-order chi connectivity index (χ1) is 21.4. The third-order valence-corrected chi connectivity index (χ3v) is 11.2. The van der Waals surface area contributed by atoms with Gasteiger partial charge in [0.2, 0.25) is 0 Å². The molecule has 0 bridgehead atoms. The molecule has 0 atom stereocenters. The Bertz CT molecular complexity index is 1930. The first-order valence-corrected chi connectivity index (χ1v) is 16.0. The second kappa shape index (κ2) is 9.66. The van der Waals surface area contributed by atoms with E-state index < -0.39 is 0 Å². The Labute approximate surface area is 262 Å². The molecule has 2 aliphatic carbocycles. The Morgan fingerprint density at radius 3 is 1.18 bits per heavy atom. The van der Waals surface area contributed by atoms with E-state index in [1.807, 2.05) is 0 Å². The summed E-state index contributed by atoms with van der Waals surface area (Å²) in [6, 6.07) is 54.7. The fraction of sp³-hybridized carbons (Fsp3) is 0.182. The fourth-order valence-corrected chi connectivity index (χ4v) is 8.60. The summed E-state index contributed by atoms with van der Waals surface area (Å²) in [6.07, 6.45) is 1.07. The van der Waals surface area contributed by atoms with Gasteiger partial charge in [-0.2, -0.15) is 0 Å². The summed E-state index contributed by atoms with van der Waals surface area (Å²) in [7, 11) is 0. The molecule has 0 fully saturated rings. The molecule has 0 unspecified atom stereocenters. The summed E-state index contributed by atoms with van der Waals surface area (Å²) in [5.74, 6) is 0. The monoisotopic (exact) mass is 566 g/mol. The molecule has 0 heteroatoms. The molecule has 0 aliphatic heterocycles. The van der Waals surface area contributed by atoms with Crippen molar-refractivity contribution >= 4 is 0 Å². The van der Waals surface area contributed by atoms with Gasteiger partial charge in [0, 0.05) is 5.41 Å². The average Bonchev–Trinajstić information content (AvgIpc) is 3.54. The highest BCUT2D eigenvalue weighted by Gasteiger charge is 2.53. The van der Waals surface area contributed by atoms with Crippen LogP contribution in [0.4, 0.5) is 0 Å². The maximum Gasteiger partial charge on any atom is 0.0514 e. The molecule has 214 valence electrons. The SMILES string of the molecule is CCC(C)(C)C1(c2ccc(-c3ccc(C4(C)c5ccccc5-c5ccccc54)cc3)cc2)c2ccccc2-c2ccccc21. The molecule has 0 spiro atoms. The van der Waals surface area contributed by atoms with Crippen LogP contribution in [0.25, 0.3) is 33.4 Å². The van der Waals surface area contributed by atoms with Gasteiger partial charge in [-0.15, -0.1) is 0 Å². The molecule has 8 rings (SSSR count). The maximum atomic E-state index is 2.44. The van der Waals surface area contributed by atoms with E-state index in [0.717, 1.165) is 6.42 Å². The molecule has 0 heterocycles. The van der Waals surface area contributed by atoms with Crippen molar-refractivity contribution in [3.8, 4) is 33.4 Å². The van der Waals surface area contributed by atoms with E-state index in [1.165, 1.54) is 66.8 Å². The van der Waals surface area contributed by atoms with Crippen LogP contribution >= 0.6 is 0 Å². The van der Waals surface area contributed by atoms with Crippen molar-refractivity contribution in [2.75, 3.05) is 0 Å². The number of hydrogen-bond donors (Lipinski definition) is 0. The van der Waals surface area contributed by atoms with Gasteiger partial charge >= 0.3 is 0 Å². The lowest BCUT2D eigenvalue weighted by Crippen LogP contribution is -2.42. The summed E-state index contributed by atoms with van der Waals surface area (Å²) in [6.45, 7) is 9.60. The lowest BCUT2D eigenvalue weighted by molar-refractivity contribution is 0.235. The van der Waals surface area contributed by atoms with Gasteiger partial charge in [0.25, 0.3) is 0 Å². The molecule has 0 radical (unpaired) electrons. The molecule has 0 aromatic heterocycles. The van der Waals surface area contributed by atoms with Crippen LogP contribution in [-0.2, 0) is 10.8 Å². The van der Waals surface area contributed by atoms with Gasteiger partial charge in [0.1, 0.15) is 0 Å². The number of benzene rings is 6. The van der Waals surface area contributed by atoms with E-state index >= 15 is 0 Å². The zero-order valence-corrected chi connectivity index (χ0v) is 26.1. The predicted octanol–water partition coefficient (Wildman–Crippen LogP) is 11.4. The molecule has 0 N–H and O–H groups in total. The third-order valence-electron chi connectivity index (χ3n) is 11.2. The molecule has 0 saturated carbocycles. The number of fused-ring (bicyclic) bond motifs is 6.